The number of carbonyl (C=O) groups is 2. The van der Waals surface area contributed by atoms with Crippen LogP contribution in [0.1, 0.15) is 181 Å². The normalized spacial score (nSPS) is 19.1. The number of carbonyl (C=O) groups excluding carboxylic acids is 2. The lowest BCUT2D eigenvalue weighted by Gasteiger charge is -2.17. The zero-order chi connectivity index (χ0) is 31.5. The van der Waals surface area contributed by atoms with Gasteiger partial charge >= 0.3 is 5.97 Å². The summed E-state index contributed by atoms with van der Waals surface area (Å²) in [6, 6.07) is 0. The number of rotatable bonds is 30. The summed E-state index contributed by atoms with van der Waals surface area (Å²) in [4.78, 5) is 23.1. The highest BCUT2D eigenvalue weighted by atomic mass is 16.5. The number of hydrogen-bond donors (Lipinski definition) is 3. The molecule has 1 saturated heterocycles. The molecule has 0 bridgehead atoms. The van der Waals surface area contributed by atoms with E-state index >= 15 is 0 Å². The number of aliphatic hydroxyl groups excluding tert-OH is 3. The van der Waals surface area contributed by atoms with Crippen LogP contribution >= 0.6 is 0 Å². The van der Waals surface area contributed by atoms with Gasteiger partial charge in [-0.3, -0.25) is 4.79 Å². The van der Waals surface area contributed by atoms with Gasteiger partial charge in [0, 0.05) is 6.42 Å². The highest BCUT2D eigenvalue weighted by Gasteiger charge is 2.34. The Morgan fingerprint density at radius 1 is 0.721 bits per heavy atom. The van der Waals surface area contributed by atoms with Crippen molar-refractivity contribution in [2.75, 3.05) is 0 Å². The molecule has 0 saturated carbocycles. The van der Waals surface area contributed by atoms with Gasteiger partial charge in [-0.1, -0.05) is 115 Å². The number of esters is 1. The number of Topliss-reactive ketones (excluding diaryl/α,β-unsaturated/α-hetero) is 1. The maximum absolute atomic E-state index is 11.8. The second kappa shape index (κ2) is 27.1. The van der Waals surface area contributed by atoms with E-state index in [1.807, 2.05) is 0 Å². The molecule has 0 aliphatic carbocycles. The van der Waals surface area contributed by atoms with Crippen molar-refractivity contribution in [3.05, 3.63) is 12.2 Å². The fourth-order valence-electron chi connectivity index (χ4n) is 6.21. The Morgan fingerprint density at radius 3 is 1.86 bits per heavy atom. The summed E-state index contributed by atoms with van der Waals surface area (Å²) < 4.78 is 5.40. The van der Waals surface area contributed by atoms with Crippen molar-refractivity contribution in [2.24, 2.45) is 5.92 Å². The van der Waals surface area contributed by atoms with E-state index in [4.69, 9.17) is 4.74 Å². The van der Waals surface area contributed by atoms with Gasteiger partial charge in [0.1, 0.15) is 11.9 Å². The molecule has 1 rings (SSSR count). The lowest BCUT2D eigenvalue weighted by atomic mass is 9.96. The molecule has 0 radical (unpaired) electrons. The second-order valence-electron chi connectivity index (χ2n) is 13.3. The number of hydrogen-bond acceptors (Lipinski definition) is 6. The van der Waals surface area contributed by atoms with Crippen molar-refractivity contribution < 1.29 is 29.6 Å². The summed E-state index contributed by atoms with van der Waals surface area (Å²) >= 11 is 0. The zero-order valence-corrected chi connectivity index (χ0v) is 28.0. The molecule has 0 spiro atoms. The van der Waals surface area contributed by atoms with Crippen LogP contribution in [0.3, 0.4) is 0 Å². The van der Waals surface area contributed by atoms with Gasteiger partial charge in [0.2, 0.25) is 0 Å². The van der Waals surface area contributed by atoms with Crippen molar-refractivity contribution in [3.63, 3.8) is 0 Å². The predicted octanol–water partition coefficient (Wildman–Crippen LogP) is 8.92. The van der Waals surface area contributed by atoms with Crippen molar-refractivity contribution in [3.8, 4) is 0 Å². The van der Waals surface area contributed by atoms with Crippen LogP contribution in [0, 0.1) is 5.92 Å². The van der Waals surface area contributed by atoms with Gasteiger partial charge in [-0.05, 0) is 71.1 Å². The molecule has 1 aliphatic rings. The molecule has 1 unspecified atom stereocenters. The van der Waals surface area contributed by atoms with E-state index in [1.165, 1.54) is 71.1 Å². The number of ether oxygens (including phenoxy) is 1. The van der Waals surface area contributed by atoms with Crippen LogP contribution in [0.15, 0.2) is 12.2 Å². The largest absolute Gasteiger partial charge is 0.462 e. The summed E-state index contributed by atoms with van der Waals surface area (Å²) in [6.45, 7) is 3.78. The quantitative estimate of drug-likeness (QED) is 0.0427. The number of ketones is 1. The first kappa shape index (κ1) is 39.8. The fraction of sp³-hybridized carbons (Fsp3) is 0.892. The van der Waals surface area contributed by atoms with Crippen molar-refractivity contribution in [2.45, 2.75) is 205 Å². The Bertz CT molecular complexity index is 707. The fourth-order valence-corrected chi connectivity index (χ4v) is 6.21. The first-order valence-electron chi connectivity index (χ1n) is 18.2. The molecule has 0 amide bonds. The minimum Gasteiger partial charge on any atom is -0.462 e. The smallest absolute Gasteiger partial charge is 0.309 e. The summed E-state index contributed by atoms with van der Waals surface area (Å²) in [5.41, 5.74) is 0. The second-order valence-corrected chi connectivity index (χ2v) is 13.3. The predicted molar refractivity (Wildman–Crippen MR) is 177 cm³/mol. The van der Waals surface area contributed by atoms with E-state index < -0.39 is 12.2 Å². The van der Waals surface area contributed by atoms with Crippen molar-refractivity contribution in [1.29, 1.82) is 0 Å². The van der Waals surface area contributed by atoms with Gasteiger partial charge in [-0.25, -0.2) is 0 Å². The minimum absolute atomic E-state index is 0.0384. The molecule has 1 aliphatic heterocycles. The Balaban J connectivity index is 1.89. The van der Waals surface area contributed by atoms with Crippen LogP contribution in [0.4, 0.5) is 0 Å². The van der Waals surface area contributed by atoms with E-state index in [0.717, 1.165) is 77.0 Å². The highest BCUT2D eigenvalue weighted by Crippen LogP contribution is 2.28. The van der Waals surface area contributed by atoms with Gasteiger partial charge < -0.3 is 24.9 Å². The van der Waals surface area contributed by atoms with Crippen molar-refractivity contribution >= 4 is 11.8 Å². The molecular formula is C37H68O6. The molecule has 0 aromatic rings. The molecule has 0 aromatic carbocycles. The third-order valence-corrected chi connectivity index (χ3v) is 9.01. The van der Waals surface area contributed by atoms with Crippen LogP contribution in [-0.2, 0) is 14.3 Å². The molecule has 43 heavy (non-hydrogen) atoms. The number of unbranched alkanes of at least 4 members (excludes halogenated alkanes) is 15. The summed E-state index contributed by atoms with van der Waals surface area (Å²) in [5, 5.41) is 30.8. The van der Waals surface area contributed by atoms with Crippen LogP contribution in [0.2, 0.25) is 0 Å². The van der Waals surface area contributed by atoms with Gasteiger partial charge in [0.05, 0.1) is 24.2 Å². The average Bonchev–Trinajstić information content (AvgIpc) is 3.32. The van der Waals surface area contributed by atoms with Gasteiger partial charge in [0.15, 0.2) is 0 Å². The molecule has 1 fully saturated rings. The van der Waals surface area contributed by atoms with Crippen LogP contribution in [0.5, 0.6) is 0 Å². The van der Waals surface area contributed by atoms with E-state index in [1.54, 1.807) is 0 Å². The maximum atomic E-state index is 11.8. The maximum Gasteiger partial charge on any atom is 0.309 e. The van der Waals surface area contributed by atoms with Crippen LogP contribution in [0.25, 0.3) is 0 Å². The Morgan fingerprint density at radius 2 is 1.23 bits per heavy atom. The Kier molecular flexibility index (Phi) is 25.1. The Labute approximate surface area is 264 Å². The van der Waals surface area contributed by atoms with E-state index in [2.05, 4.69) is 19.1 Å². The number of allylic oxidation sites excluding steroid dienone is 2. The van der Waals surface area contributed by atoms with E-state index in [9.17, 15) is 24.9 Å². The lowest BCUT2D eigenvalue weighted by Crippen LogP contribution is -2.25. The average molecular weight is 609 g/mol. The standard InChI is InChI=1S/C37H68O6/c1-3-4-5-6-7-8-9-10-11-12-13-14-15-22-27-35(40)36(41)28-23-17-16-19-24-33(39)25-20-18-21-26-34-30-32(29-31(2)38)37(42)43-34/h14-15,32-36,39-41H,3-13,16-30H2,1-2H3/t32-,33?,34+,35+,36+/m0/s1. The molecule has 5 atom stereocenters. The number of cyclic esters (lactones) is 1. The zero-order valence-electron chi connectivity index (χ0n) is 28.0. The first-order valence-corrected chi connectivity index (χ1v) is 18.2. The summed E-state index contributed by atoms with van der Waals surface area (Å²) in [5.74, 6) is -0.441. The SMILES string of the molecule is CCCCCCCCCCCCC=CCC[C@@H](O)[C@H](O)CCCCCCC(O)CCCCC[C@@H]1C[C@H](CC(C)=O)C(=O)O1. The van der Waals surface area contributed by atoms with Gasteiger partial charge in [-0.2, -0.15) is 0 Å². The summed E-state index contributed by atoms with van der Waals surface area (Å²) in [6.07, 6.45) is 29.9. The Hall–Kier alpha value is -1.24. The van der Waals surface area contributed by atoms with Crippen molar-refractivity contribution in [1.82, 2.24) is 0 Å². The van der Waals surface area contributed by atoms with E-state index in [-0.39, 0.29) is 29.9 Å². The third-order valence-electron chi connectivity index (χ3n) is 9.01. The lowest BCUT2D eigenvalue weighted by molar-refractivity contribution is -0.145. The molecular weight excluding hydrogens is 540 g/mol. The first-order chi connectivity index (χ1) is 20.8. The van der Waals surface area contributed by atoms with E-state index in [0.29, 0.717) is 25.7 Å². The monoisotopic (exact) mass is 609 g/mol. The van der Waals surface area contributed by atoms with Crippen LogP contribution in [-0.4, -0.2) is 51.5 Å². The highest BCUT2D eigenvalue weighted by molar-refractivity contribution is 5.83. The molecule has 252 valence electrons. The van der Waals surface area contributed by atoms with Gasteiger partial charge in [0.25, 0.3) is 0 Å². The van der Waals surface area contributed by atoms with Gasteiger partial charge in [-0.15, -0.1) is 0 Å². The topological polar surface area (TPSA) is 104 Å². The molecule has 6 heteroatoms. The van der Waals surface area contributed by atoms with Crippen LogP contribution < -0.4 is 0 Å². The molecule has 1 heterocycles. The third kappa shape index (κ3) is 22.9. The minimum atomic E-state index is -0.647. The molecule has 0 aromatic heterocycles. The molecule has 6 nitrogen and oxygen atoms in total. The number of aliphatic hydroxyl groups is 3. The summed E-state index contributed by atoms with van der Waals surface area (Å²) in [7, 11) is 0. The molecule has 3 N–H and O–H groups in total.